The first-order chi connectivity index (χ1) is 19.0. The lowest BCUT2D eigenvalue weighted by Crippen LogP contribution is -2.42. The number of anilines is 1. The van der Waals surface area contributed by atoms with Crippen LogP contribution >= 0.6 is 0 Å². The quantitative estimate of drug-likeness (QED) is 0.307. The number of benzene rings is 3. The van der Waals surface area contributed by atoms with Gasteiger partial charge in [-0.15, -0.1) is 5.10 Å². The van der Waals surface area contributed by atoms with Crippen molar-refractivity contribution in [2.45, 2.75) is 19.1 Å². The van der Waals surface area contributed by atoms with E-state index in [0.717, 1.165) is 0 Å². The Hall–Kier alpha value is -5.12. The van der Waals surface area contributed by atoms with Crippen molar-refractivity contribution in [3.8, 4) is 5.75 Å². The molecule has 1 N–H and O–H groups in total. The normalized spacial score (nSPS) is 11.6. The molecular weight excluding hydrogens is 499 g/mol. The van der Waals surface area contributed by atoms with Crippen molar-refractivity contribution in [3.05, 3.63) is 114 Å². The lowest BCUT2D eigenvalue weighted by Gasteiger charge is -2.31. The number of amides is 2. The molecule has 3 aromatic carbocycles. The van der Waals surface area contributed by atoms with Crippen LogP contribution in [0.3, 0.4) is 0 Å². The van der Waals surface area contributed by atoms with Gasteiger partial charge in [0.25, 0.3) is 5.91 Å². The first kappa shape index (κ1) is 25.5. The molecule has 1 atom stereocenters. The first-order valence-electron chi connectivity index (χ1n) is 12.2. The van der Waals surface area contributed by atoms with Gasteiger partial charge in [-0.1, -0.05) is 35.5 Å². The molecule has 10 heteroatoms. The molecule has 0 saturated heterocycles. The highest BCUT2D eigenvalue weighted by atomic mass is 19.1. The van der Waals surface area contributed by atoms with Crippen LogP contribution in [-0.4, -0.2) is 43.8 Å². The molecule has 196 valence electrons. The van der Waals surface area contributed by atoms with Crippen molar-refractivity contribution < 1.29 is 18.7 Å². The van der Waals surface area contributed by atoms with Gasteiger partial charge in [0.05, 0.1) is 12.6 Å². The third kappa shape index (κ3) is 5.90. The van der Waals surface area contributed by atoms with Crippen LogP contribution in [0.25, 0.3) is 11.0 Å². The number of nitrogens with zero attached hydrogens (tertiary/aromatic N) is 5. The molecule has 1 unspecified atom stereocenters. The van der Waals surface area contributed by atoms with E-state index in [1.807, 2.05) is 24.3 Å². The Labute approximate surface area is 223 Å². The van der Waals surface area contributed by atoms with Crippen LogP contribution in [0.2, 0.25) is 0 Å². The van der Waals surface area contributed by atoms with Gasteiger partial charge in [-0.2, -0.15) is 0 Å². The molecule has 0 aliphatic carbocycles. The average molecular weight is 525 g/mol. The van der Waals surface area contributed by atoms with Gasteiger partial charge < -0.3 is 15.0 Å². The molecule has 0 bridgehead atoms. The number of hydrogen-bond acceptors (Lipinski definition) is 6. The van der Waals surface area contributed by atoms with Gasteiger partial charge in [0.1, 0.15) is 29.7 Å². The molecule has 2 amide bonds. The number of aromatic nitrogens is 4. The van der Waals surface area contributed by atoms with Crippen LogP contribution in [0, 0.1) is 5.82 Å². The molecule has 0 aliphatic heterocycles. The third-order valence-corrected chi connectivity index (χ3v) is 6.18. The fourth-order valence-electron chi connectivity index (χ4n) is 4.30. The SMILES string of the molecule is COc1ccc(NC(=O)C(c2cccc(F)c2)N(Cc2cccnc2)C(=O)Cn2nnc3ccccc32)cc1. The van der Waals surface area contributed by atoms with Crippen LogP contribution in [0.15, 0.2) is 97.3 Å². The Balaban J connectivity index is 1.53. The highest BCUT2D eigenvalue weighted by Gasteiger charge is 2.32. The average Bonchev–Trinajstić information content (AvgIpc) is 3.36. The zero-order valence-electron chi connectivity index (χ0n) is 21.1. The molecule has 39 heavy (non-hydrogen) atoms. The van der Waals surface area contributed by atoms with Crippen molar-refractivity contribution in [2.75, 3.05) is 12.4 Å². The van der Waals surface area contributed by atoms with E-state index in [4.69, 9.17) is 4.74 Å². The molecule has 0 spiro atoms. The Morgan fingerprint density at radius 1 is 1.03 bits per heavy atom. The van der Waals surface area contributed by atoms with E-state index < -0.39 is 23.7 Å². The number of hydrogen-bond donors (Lipinski definition) is 1. The van der Waals surface area contributed by atoms with E-state index in [2.05, 4.69) is 20.6 Å². The summed E-state index contributed by atoms with van der Waals surface area (Å²) in [6, 6.07) is 22.1. The summed E-state index contributed by atoms with van der Waals surface area (Å²) in [5, 5.41) is 11.1. The van der Waals surface area contributed by atoms with E-state index in [-0.39, 0.29) is 13.1 Å². The number of pyridine rings is 1. The Kier molecular flexibility index (Phi) is 7.53. The molecule has 2 aromatic heterocycles. The number of nitrogens with one attached hydrogen (secondary N) is 1. The molecule has 5 rings (SSSR count). The standard InChI is InChI=1S/C29H25FN6O3/c1-39-24-13-11-23(12-14-24)32-29(38)28(21-7-4-8-22(30)16-21)35(18-20-6-5-15-31-17-20)27(37)19-36-26-10-3-2-9-25(26)33-34-36/h2-17,28H,18-19H2,1H3,(H,32,38). The second-order valence-corrected chi connectivity index (χ2v) is 8.79. The summed E-state index contributed by atoms with van der Waals surface area (Å²) in [4.78, 5) is 33.3. The largest absolute Gasteiger partial charge is 0.497 e. The second kappa shape index (κ2) is 11.5. The van der Waals surface area contributed by atoms with Crippen molar-refractivity contribution in [2.24, 2.45) is 0 Å². The monoisotopic (exact) mass is 524 g/mol. The van der Waals surface area contributed by atoms with Crippen LogP contribution in [0.5, 0.6) is 5.75 Å². The molecule has 0 fully saturated rings. The van der Waals surface area contributed by atoms with Gasteiger partial charge >= 0.3 is 0 Å². The van der Waals surface area contributed by atoms with Gasteiger partial charge in [-0.25, -0.2) is 9.07 Å². The topological polar surface area (TPSA) is 102 Å². The molecule has 5 aromatic rings. The fourth-order valence-corrected chi connectivity index (χ4v) is 4.30. The lowest BCUT2D eigenvalue weighted by atomic mass is 10.0. The van der Waals surface area contributed by atoms with E-state index in [1.54, 1.807) is 62.0 Å². The Morgan fingerprint density at radius 2 is 1.85 bits per heavy atom. The van der Waals surface area contributed by atoms with E-state index in [0.29, 0.717) is 33.6 Å². The van der Waals surface area contributed by atoms with Crippen molar-refractivity contribution in [3.63, 3.8) is 0 Å². The van der Waals surface area contributed by atoms with Gasteiger partial charge in [-0.05, 0) is 65.7 Å². The number of carbonyl (C=O) groups is 2. The zero-order valence-corrected chi connectivity index (χ0v) is 21.1. The number of fused-ring (bicyclic) bond motifs is 1. The maximum Gasteiger partial charge on any atom is 0.251 e. The zero-order chi connectivity index (χ0) is 27.2. The summed E-state index contributed by atoms with van der Waals surface area (Å²) in [6.07, 6.45) is 3.24. The number of ether oxygens (including phenoxy) is 1. The molecule has 0 saturated carbocycles. The van der Waals surface area contributed by atoms with Crippen LogP contribution in [0.4, 0.5) is 10.1 Å². The lowest BCUT2D eigenvalue weighted by molar-refractivity contribution is -0.140. The van der Waals surface area contributed by atoms with Gasteiger partial charge in [0.15, 0.2) is 0 Å². The molecule has 2 heterocycles. The molecule has 9 nitrogen and oxygen atoms in total. The van der Waals surface area contributed by atoms with Crippen molar-refractivity contribution in [1.29, 1.82) is 0 Å². The summed E-state index contributed by atoms with van der Waals surface area (Å²) in [7, 11) is 1.55. The summed E-state index contributed by atoms with van der Waals surface area (Å²) in [5.41, 5.74) is 2.84. The summed E-state index contributed by atoms with van der Waals surface area (Å²) in [6.45, 7) is -0.126. The summed E-state index contributed by atoms with van der Waals surface area (Å²) >= 11 is 0. The highest BCUT2D eigenvalue weighted by molar-refractivity contribution is 5.98. The summed E-state index contributed by atoms with van der Waals surface area (Å²) < 4.78 is 21.1. The Morgan fingerprint density at radius 3 is 2.59 bits per heavy atom. The van der Waals surface area contributed by atoms with Crippen LogP contribution < -0.4 is 10.1 Å². The smallest absolute Gasteiger partial charge is 0.251 e. The van der Waals surface area contributed by atoms with Crippen molar-refractivity contribution >= 4 is 28.5 Å². The van der Waals surface area contributed by atoms with Crippen LogP contribution in [-0.2, 0) is 22.7 Å². The summed E-state index contributed by atoms with van der Waals surface area (Å²) in [5.74, 6) is -0.811. The minimum absolute atomic E-state index is 0.0521. The number of para-hydroxylation sites is 1. The molecular formula is C29H25FN6O3. The van der Waals surface area contributed by atoms with Gasteiger partial charge in [0.2, 0.25) is 5.91 Å². The third-order valence-electron chi connectivity index (χ3n) is 6.18. The maximum absolute atomic E-state index is 14.4. The predicted octanol–water partition coefficient (Wildman–Crippen LogP) is 4.38. The van der Waals surface area contributed by atoms with Crippen molar-refractivity contribution in [1.82, 2.24) is 24.9 Å². The number of carbonyl (C=O) groups excluding carboxylic acids is 2. The number of rotatable bonds is 9. The predicted molar refractivity (Wildman–Crippen MR) is 143 cm³/mol. The van der Waals surface area contributed by atoms with Crippen LogP contribution in [0.1, 0.15) is 17.2 Å². The Bertz CT molecular complexity index is 1590. The molecule has 0 radical (unpaired) electrons. The highest BCUT2D eigenvalue weighted by Crippen LogP contribution is 2.27. The minimum Gasteiger partial charge on any atom is -0.497 e. The van der Waals surface area contributed by atoms with E-state index in [1.165, 1.54) is 27.8 Å². The minimum atomic E-state index is -1.16. The number of methoxy groups -OCH3 is 1. The van der Waals surface area contributed by atoms with E-state index in [9.17, 15) is 14.0 Å². The number of halogens is 1. The van der Waals surface area contributed by atoms with E-state index >= 15 is 0 Å². The second-order valence-electron chi connectivity index (χ2n) is 8.79. The fraction of sp³-hybridized carbons (Fsp3) is 0.138. The first-order valence-corrected chi connectivity index (χ1v) is 12.2. The molecule has 0 aliphatic rings. The van der Waals surface area contributed by atoms with Gasteiger partial charge in [0, 0.05) is 24.6 Å². The van der Waals surface area contributed by atoms with Gasteiger partial charge in [-0.3, -0.25) is 14.6 Å². The maximum atomic E-state index is 14.4.